The van der Waals surface area contributed by atoms with E-state index in [4.69, 9.17) is 33.2 Å². The number of carbonyl (C=O) groups excluding carboxylic acids is 3. The number of benzene rings is 2. The smallest absolute Gasteiger partial charge is 0.355 e. The van der Waals surface area contributed by atoms with E-state index < -0.39 is 11.9 Å². The quantitative estimate of drug-likeness (QED) is 0.230. The van der Waals surface area contributed by atoms with E-state index in [1.807, 2.05) is 0 Å². The minimum absolute atomic E-state index is 0.0487. The van der Waals surface area contributed by atoms with Gasteiger partial charge in [-0.1, -0.05) is 6.07 Å². The van der Waals surface area contributed by atoms with Crippen LogP contribution in [-0.2, 0) is 14.2 Å². The van der Waals surface area contributed by atoms with E-state index in [1.54, 1.807) is 24.3 Å². The van der Waals surface area contributed by atoms with Gasteiger partial charge in [-0.3, -0.25) is 4.79 Å². The van der Waals surface area contributed by atoms with Crippen molar-refractivity contribution >= 4 is 18.2 Å². The normalized spacial score (nSPS) is 10.4. The van der Waals surface area contributed by atoms with Gasteiger partial charge in [0.05, 0.1) is 41.1 Å². The summed E-state index contributed by atoms with van der Waals surface area (Å²) in [6.07, 6.45) is 0.622. The van der Waals surface area contributed by atoms with E-state index in [0.29, 0.717) is 34.7 Å². The fraction of sp³-hybridized carbons (Fsp3) is 0.269. The molecule has 11 nitrogen and oxygen atoms in total. The maximum absolute atomic E-state index is 12.9. The second-order valence-corrected chi connectivity index (χ2v) is 7.44. The molecule has 0 aliphatic heterocycles. The molecule has 196 valence electrons. The van der Waals surface area contributed by atoms with Gasteiger partial charge in [0.2, 0.25) is 0 Å². The van der Waals surface area contributed by atoms with Crippen molar-refractivity contribution in [1.29, 1.82) is 0 Å². The van der Waals surface area contributed by atoms with Crippen LogP contribution in [0.4, 0.5) is 0 Å². The molecular weight excluding hydrogens is 486 g/mol. The number of rotatable bonds is 11. The molecule has 0 fully saturated rings. The van der Waals surface area contributed by atoms with Gasteiger partial charge < -0.3 is 38.1 Å². The SMILES string of the molecule is COCOc1cc(OC)c(OC)cc1-c1c(C(=O)OC)[nH]c(C(=O)OC)c1-c1ccc(OC)c(C=O)c1. The van der Waals surface area contributed by atoms with Crippen LogP contribution in [0.3, 0.4) is 0 Å². The van der Waals surface area contributed by atoms with Gasteiger partial charge in [0.15, 0.2) is 24.6 Å². The summed E-state index contributed by atoms with van der Waals surface area (Å²) in [4.78, 5) is 40.4. The summed E-state index contributed by atoms with van der Waals surface area (Å²) in [5, 5.41) is 0. The first-order valence-electron chi connectivity index (χ1n) is 10.8. The van der Waals surface area contributed by atoms with Gasteiger partial charge in [-0.25, -0.2) is 9.59 Å². The number of methoxy groups -OCH3 is 6. The molecule has 11 heteroatoms. The van der Waals surface area contributed by atoms with Crippen LogP contribution in [0.5, 0.6) is 23.0 Å². The largest absolute Gasteiger partial charge is 0.496 e. The predicted molar refractivity (Wildman–Crippen MR) is 132 cm³/mol. The summed E-state index contributed by atoms with van der Waals surface area (Å²) in [6.45, 7) is -0.127. The first-order valence-corrected chi connectivity index (χ1v) is 10.8. The highest BCUT2D eigenvalue weighted by Crippen LogP contribution is 2.47. The second kappa shape index (κ2) is 12.0. The van der Waals surface area contributed by atoms with Crippen LogP contribution in [0.1, 0.15) is 31.3 Å². The summed E-state index contributed by atoms with van der Waals surface area (Å²) >= 11 is 0. The summed E-state index contributed by atoms with van der Waals surface area (Å²) in [7, 11) is 8.22. The highest BCUT2D eigenvalue weighted by molar-refractivity contribution is 6.09. The van der Waals surface area contributed by atoms with Crippen molar-refractivity contribution in [3.63, 3.8) is 0 Å². The van der Waals surface area contributed by atoms with Crippen LogP contribution in [0.25, 0.3) is 22.3 Å². The van der Waals surface area contributed by atoms with Crippen molar-refractivity contribution in [2.75, 3.05) is 49.5 Å². The molecule has 1 N–H and O–H groups in total. The lowest BCUT2D eigenvalue weighted by Crippen LogP contribution is -2.06. The van der Waals surface area contributed by atoms with E-state index in [9.17, 15) is 14.4 Å². The molecule has 0 bridgehead atoms. The number of H-pyrrole nitrogens is 1. The monoisotopic (exact) mass is 513 g/mol. The second-order valence-electron chi connectivity index (χ2n) is 7.44. The van der Waals surface area contributed by atoms with Crippen LogP contribution in [0, 0.1) is 0 Å². The molecule has 3 aromatic rings. The summed E-state index contributed by atoms with van der Waals surface area (Å²) in [5.41, 5.74) is 1.37. The Morgan fingerprint density at radius 1 is 0.757 bits per heavy atom. The molecule has 0 unspecified atom stereocenters. The van der Waals surface area contributed by atoms with E-state index in [2.05, 4.69) is 4.98 Å². The third kappa shape index (κ3) is 5.21. The molecule has 2 aromatic carbocycles. The maximum Gasteiger partial charge on any atom is 0.355 e. The van der Waals surface area contributed by atoms with Crippen molar-refractivity contribution in [2.24, 2.45) is 0 Å². The van der Waals surface area contributed by atoms with Crippen molar-refractivity contribution in [3.05, 3.63) is 47.3 Å². The number of aldehydes is 1. The number of hydrogen-bond donors (Lipinski definition) is 1. The molecule has 0 radical (unpaired) electrons. The van der Waals surface area contributed by atoms with E-state index in [1.165, 1.54) is 48.7 Å². The van der Waals surface area contributed by atoms with E-state index >= 15 is 0 Å². The number of aromatic nitrogens is 1. The Balaban J connectivity index is 2.51. The van der Waals surface area contributed by atoms with E-state index in [-0.39, 0.29) is 40.6 Å². The first kappa shape index (κ1) is 27.1. The minimum atomic E-state index is -0.761. The fourth-order valence-electron chi connectivity index (χ4n) is 3.85. The molecule has 1 heterocycles. The summed E-state index contributed by atoms with van der Waals surface area (Å²) < 4.78 is 37.0. The van der Waals surface area contributed by atoms with Crippen molar-refractivity contribution in [2.45, 2.75) is 0 Å². The van der Waals surface area contributed by atoms with Crippen LogP contribution < -0.4 is 18.9 Å². The summed E-state index contributed by atoms with van der Waals surface area (Å²) in [6, 6.07) is 7.90. The topological polar surface area (TPSA) is 132 Å². The Kier molecular flexibility index (Phi) is 8.75. The standard InChI is InChI=1S/C26H27NO10/c1-31-13-37-18-11-20(34-4)19(33-3)10-16(18)22-21(14-7-8-17(32-2)15(9-14)12-28)23(25(29)35-5)27-24(22)26(30)36-6/h7-12,27H,13H2,1-6H3. The Morgan fingerprint density at radius 2 is 1.35 bits per heavy atom. The Bertz CT molecular complexity index is 1310. The van der Waals surface area contributed by atoms with Gasteiger partial charge in [0.1, 0.15) is 22.9 Å². The molecule has 0 spiro atoms. The Hall–Kier alpha value is -4.51. The zero-order valence-corrected chi connectivity index (χ0v) is 21.3. The van der Waals surface area contributed by atoms with Gasteiger partial charge in [0, 0.05) is 29.9 Å². The van der Waals surface area contributed by atoms with Crippen molar-refractivity contribution in [3.8, 4) is 45.3 Å². The highest BCUT2D eigenvalue weighted by atomic mass is 16.7. The van der Waals surface area contributed by atoms with Gasteiger partial charge in [-0.2, -0.15) is 0 Å². The number of esters is 2. The molecule has 3 rings (SSSR count). The molecule has 0 atom stereocenters. The van der Waals surface area contributed by atoms with Crippen LogP contribution in [-0.4, -0.2) is 72.7 Å². The molecule has 37 heavy (non-hydrogen) atoms. The van der Waals surface area contributed by atoms with Gasteiger partial charge in [-0.05, 0) is 23.8 Å². The number of nitrogens with one attached hydrogen (secondary N) is 1. The molecular formula is C26H27NO10. The third-order valence-corrected chi connectivity index (χ3v) is 5.51. The molecule has 1 aromatic heterocycles. The molecule has 0 saturated heterocycles. The lowest BCUT2D eigenvalue weighted by molar-refractivity contribution is 0.0513. The van der Waals surface area contributed by atoms with Crippen LogP contribution in [0.2, 0.25) is 0 Å². The van der Waals surface area contributed by atoms with Gasteiger partial charge in [0.25, 0.3) is 0 Å². The van der Waals surface area contributed by atoms with Crippen LogP contribution in [0.15, 0.2) is 30.3 Å². The van der Waals surface area contributed by atoms with Crippen molar-refractivity contribution in [1.82, 2.24) is 4.98 Å². The highest BCUT2D eigenvalue weighted by Gasteiger charge is 2.31. The third-order valence-electron chi connectivity index (χ3n) is 5.51. The first-order chi connectivity index (χ1) is 17.9. The molecule has 0 aliphatic carbocycles. The zero-order valence-electron chi connectivity index (χ0n) is 21.3. The van der Waals surface area contributed by atoms with Gasteiger partial charge >= 0.3 is 11.9 Å². The lowest BCUT2D eigenvalue weighted by Gasteiger charge is -2.17. The molecule has 0 amide bonds. The minimum Gasteiger partial charge on any atom is -0.496 e. The fourth-order valence-corrected chi connectivity index (χ4v) is 3.85. The van der Waals surface area contributed by atoms with Gasteiger partial charge in [-0.15, -0.1) is 0 Å². The predicted octanol–water partition coefficient (Wildman–Crippen LogP) is 3.74. The average Bonchev–Trinajstić information content (AvgIpc) is 3.34. The average molecular weight is 513 g/mol. The Morgan fingerprint density at radius 3 is 1.89 bits per heavy atom. The zero-order chi connectivity index (χ0) is 27.1. The molecule has 0 saturated carbocycles. The number of hydrogen-bond acceptors (Lipinski definition) is 10. The lowest BCUT2D eigenvalue weighted by atomic mass is 9.92. The van der Waals surface area contributed by atoms with Crippen LogP contribution >= 0.6 is 0 Å². The Labute approximate surface area is 213 Å². The van der Waals surface area contributed by atoms with E-state index in [0.717, 1.165) is 0 Å². The summed E-state index contributed by atoms with van der Waals surface area (Å²) in [5.74, 6) is -0.245. The number of ether oxygens (including phenoxy) is 7. The molecule has 0 aliphatic rings. The number of aromatic amines is 1. The number of carbonyl (C=O) groups is 3. The maximum atomic E-state index is 12.9. The van der Waals surface area contributed by atoms with Crippen molar-refractivity contribution < 1.29 is 47.5 Å².